The van der Waals surface area contributed by atoms with Crippen molar-refractivity contribution in [1.82, 2.24) is 5.32 Å². The van der Waals surface area contributed by atoms with Crippen LogP contribution in [-0.2, 0) is 20.7 Å². The molecular weight excluding hydrogens is 444 g/mol. The van der Waals surface area contributed by atoms with Gasteiger partial charge in [0.1, 0.15) is 12.6 Å². The van der Waals surface area contributed by atoms with Gasteiger partial charge in [-0.1, -0.05) is 66.7 Å². The second-order valence-electron chi connectivity index (χ2n) is 9.01. The Morgan fingerprint density at radius 2 is 1.57 bits per heavy atom. The summed E-state index contributed by atoms with van der Waals surface area (Å²) >= 11 is 0. The number of ether oxygens (including phenoxy) is 1. The third-order valence-electron chi connectivity index (χ3n) is 6.82. The van der Waals surface area contributed by atoms with E-state index in [9.17, 15) is 19.5 Å². The van der Waals surface area contributed by atoms with Gasteiger partial charge in [0.2, 0.25) is 5.91 Å². The topological polar surface area (TPSA) is 95.9 Å². The summed E-state index contributed by atoms with van der Waals surface area (Å²) in [6.07, 6.45) is -0.323. The second kappa shape index (κ2) is 9.25. The maximum absolute atomic E-state index is 13.2. The molecule has 0 radical (unpaired) electrons. The number of fused-ring (bicyclic) bond motifs is 4. The van der Waals surface area contributed by atoms with Crippen LogP contribution in [0.2, 0.25) is 0 Å². The Kier molecular flexibility index (Phi) is 5.99. The van der Waals surface area contributed by atoms with E-state index >= 15 is 0 Å². The summed E-state index contributed by atoms with van der Waals surface area (Å²) in [6.45, 7) is 1.78. The number of nitrogens with zero attached hydrogens (tertiary/aromatic N) is 1. The number of aliphatic carboxylic acids is 1. The van der Waals surface area contributed by atoms with Gasteiger partial charge in [-0.15, -0.1) is 0 Å². The van der Waals surface area contributed by atoms with E-state index in [4.69, 9.17) is 4.74 Å². The highest BCUT2D eigenvalue weighted by Crippen LogP contribution is 2.44. The molecule has 7 heteroatoms. The number of alkyl carbamates (subject to hydrolysis) is 1. The van der Waals surface area contributed by atoms with Gasteiger partial charge < -0.3 is 20.1 Å². The molecule has 0 saturated heterocycles. The summed E-state index contributed by atoms with van der Waals surface area (Å²) in [5.41, 5.74) is 5.96. The number of hydrogen-bond donors (Lipinski definition) is 2. The van der Waals surface area contributed by atoms with Gasteiger partial charge in [-0.2, -0.15) is 0 Å². The van der Waals surface area contributed by atoms with Crippen molar-refractivity contribution in [3.05, 3.63) is 89.5 Å². The molecule has 3 aromatic carbocycles. The zero-order chi connectivity index (χ0) is 24.5. The summed E-state index contributed by atoms with van der Waals surface area (Å²) in [5, 5.41) is 12.2. The molecule has 7 nitrogen and oxygen atoms in total. The van der Waals surface area contributed by atoms with Crippen LogP contribution in [-0.4, -0.2) is 42.3 Å². The van der Waals surface area contributed by atoms with Gasteiger partial charge in [-0.05, 0) is 47.2 Å². The molecule has 0 spiro atoms. The molecule has 35 heavy (non-hydrogen) atoms. The Bertz CT molecular complexity index is 1260. The number of hydrogen-bond acceptors (Lipinski definition) is 4. The molecule has 5 rings (SSSR count). The Morgan fingerprint density at radius 1 is 0.971 bits per heavy atom. The predicted octanol–water partition coefficient (Wildman–Crippen LogP) is 4.20. The van der Waals surface area contributed by atoms with E-state index in [0.29, 0.717) is 12.1 Å². The van der Waals surface area contributed by atoms with Crippen molar-refractivity contribution in [3.8, 4) is 11.1 Å². The molecule has 0 fully saturated rings. The van der Waals surface area contributed by atoms with Crippen LogP contribution in [0.3, 0.4) is 0 Å². The molecule has 2 aliphatic rings. The zero-order valence-electron chi connectivity index (χ0n) is 19.3. The fourth-order valence-corrected chi connectivity index (χ4v) is 5.08. The highest BCUT2D eigenvalue weighted by Gasteiger charge is 2.35. The normalized spacial score (nSPS) is 17.1. The average molecular weight is 471 g/mol. The van der Waals surface area contributed by atoms with Crippen molar-refractivity contribution in [3.63, 3.8) is 0 Å². The molecule has 178 valence electrons. The standard InChI is InChI=1S/C28H26N2O5/c1-17(26(31)30-15-19(27(32)33)14-18-8-2-7-13-25(18)30)29-28(34)35-16-24-22-11-5-3-9-20(22)21-10-4-6-12-23(21)24/h2-13,17,19,24H,14-16H2,1H3,(H,29,34)(H,32,33)/t17-,19?/m0/s1. The highest BCUT2D eigenvalue weighted by atomic mass is 16.5. The Hall–Kier alpha value is -4.13. The molecule has 1 unspecified atom stereocenters. The molecule has 2 atom stereocenters. The third-order valence-corrected chi connectivity index (χ3v) is 6.82. The van der Waals surface area contributed by atoms with E-state index < -0.39 is 24.0 Å². The van der Waals surface area contributed by atoms with Crippen molar-refractivity contribution in [2.75, 3.05) is 18.1 Å². The second-order valence-corrected chi connectivity index (χ2v) is 9.01. The van der Waals surface area contributed by atoms with Gasteiger partial charge >= 0.3 is 12.1 Å². The van der Waals surface area contributed by atoms with E-state index in [1.807, 2.05) is 54.6 Å². The lowest BCUT2D eigenvalue weighted by atomic mass is 9.92. The first-order valence-electron chi connectivity index (χ1n) is 11.7. The summed E-state index contributed by atoms with van der Waals surface area (Å²) in [4.78, 5) is 38.9. The molecule has 0 aromatic heterocycles. The smallest absolute Gasteiger partial charge is 0.407 e. The molecule has 2 amide bonds. The SMILES string of the molecule is C[C@H](NC(=O)OCC1c2ccccc2-c2ccccc21)C(=O)N1CC(C(=O)O)Cc2ccccc21. The lowest BCUT2D eigenvalue weighted by Gasteiger charge is -2.34. The van der Waals surface area contributed by atoms with Crippen molar-refractivity contribution in [1.29, 1.82) is 0 Å². The molecule has 1 heterocycles. The number of nitrogens with one attached hydrogen (secondary N) is 1. The van der Waals surface area contributed by atoms with Gasteiger partial charge in [0.15, 0.2) is 0 Å². The number of carbonyl (C=O) groups is 3. The summed E-state index contributed by atoms with van der Waals surface area (Å²) in [7, 11) is 0. The van der Waals surface area contributed by atoms with Gasteiger partial charge in [0.25, 0.3) is 0 Å². The van der Waals surface area contributed by atoms with E-state index in [0.717, 1.165) is 27.8 Å². The Morgan fingerprint density at radius 3 is 2.23 bits per heavy atom. The first-order chi connectivity index (χ1) is 16.9. The zero-order valence-corrected chi connectivity index (χ0v) is 19.3. The predicted molar refractivity (Wildman–Crippen MR) is 131 cm³/mol. The van der Waals surface area contributed by atoms with E-state index in [2.05, 4.69) is 17.4 Å². The number of para-hydroxylation sites is 1. The molecular formula is C28H26N2O5. The van der Waals surface area contributed by atoms with Crippen molar-refractivity contribution < 1.29 is 24.2 Å². The quantitative estimate of drug-likeness (QED) is 0.583. The number of amides is 2. The maximum atomic E-state index is 13.2. The van der Waals surface area contributed by atoms with Crippen LogP contribution >= 0.6 is 0 Å². The number of carboxylic acid groups (broad SMARTS) is 1. The van der Waals surface area contributed by atoms with Crippen LogP contribution in [0.5, 0.6) is 0 Å². The maximum Gasteiger partial charge on any atom is 0.407 e. The number of rotatable bonds is 5. The van der Waals surface area contributed by atoms with Gasteiger partial charge in [0, 0.05) is 18.2 Å². The molecule has 0 bridgehead atoms. The molecule has 3 aromatic rings. The van der Waals surface area contributed by atoms with Crippen molar-refractivity contribution in [2.45, 2.75) is 25.3 Å². The largest absolute Gasteiger partial charge is 0.481 e. The minimum absolute atomic E-state index is 0.0574. The van der Waals surface area contributed by atoms with Crippen LogP contribution in [0.15, 0.2) is 72.8 Å². The summed E-state index contributed by atoms with van der Waals surface area (Å²) < 4.78 is 5.56. The highest BCUT2D eigenvalue weighted by molar-refractivity contribution is 6.00. The summed E-state index contributed by atoms with van der Waals surface area (Å²) in [6, 6.07) is 22.5. The fourth-order valence-electron chi connectivity index (χ4n) is 5.08. The molecule has 1 aliphatic heterocycles. The third kappa shape index (κ3) is 4.25. The number of anilines is 1. The number of carbonyl (C=O) groups excluding carboxylic acids is 2. The number of carboxylic acids is 1. The van der Waals surface area contributed by atoms with Crippen LogP contribution < -0.4 is 10.2 Å². The van der Waals surface area contributed by atoms with E-state index in [1.165, 1.54) is 4.90 Å². The number of benzene rings is 3. The minimum Gasteiger partial charge on any atom is -0.481 e. The van der Waals surface area contributed by atoms with E-state index in [1.54, 1.807) is 13.0 Å². The minimum atomic E-state index is -0.950. The first-order valence-corrected chi connectivity index (χ1v) is 11.7. The van der Waals surface area contributed by atoms with Gasteiger partial charge in [0.05, 0.1) is 5.92 Å². The Balaban J connectivity index is 1.26. The van der Waals surface area contributed by atoms with Crippen LogP contribution in [0.1, 0.15) is 29.5 Å². The van der Waals surface area contributed by atoms with Crippen LogP contribution in [0, 0.1) is 5.92 Å². The molecule has 1 aliphatic carbocycles. The summed E-state index contributed by atoms with van der Waals surface area (Å²) in [5.74, 6) is -2.11. The molecule has 0 saturated carbocycles. The Labute approximate surface area is 203 Å². The first kappa shape index (κ1) is 22.7. The van der Waals surface area contributed by atoms with Crippen molar-refractivity contribution in [2.24, 2.45) is 5.92 Å². The fraction of sp³-hybridized carbons (Fsp3) is 0.250. The van der Waals surface area contributed by atoms with Crippen molar-refractivity contribution >= 4 is 23.7 Å². The molecule has 2 N–H and O–H groups in total. The van der Waals surface area contributed by atoms with Gasteiger partial charge in [-0.3, -0.25) is 9.59 Å². The van der Waals surface area contributed by atoms with E-state index in [-0.39, 0.29) is 25.0 Å². The van der Waals surface area contributed by atoms with Crippen LogP contribution in [0.4, 0.5) is 10.5 Å². The van der Waals surface area contributed by atoms with Gasteiger partial charge in [-0.25, -0.2) is 4.79 Å². The lowest BCUT2D eigenvalue weighted by molar-refractivity contribution is -0.141. The average Bonchev–Trinajstić information content (AvgIpc) is 3.20. The van der Waals surface area contributed by atoms with Crippen LogP contribution in [0.25, 0.3) is 11.1 Å². The monoisotopic (exact) mass is 470 g/mol. The lowest BCUT2D eigenvalue weighted by Crippen LogP contribution is -2.51.